The van der Waals surface area contributed by atoms with Gasteiger partial charge >= 0.3 is 0 Å². The molecule has 0 fully saturated rings. The third-order valence-corrected chi connectivity index (χ3v) is 3.80. The van der Waals surface area contributed by atoms with Crippen LogP contribution in [0.1, 0.15) is 16.7 Å². The van der Waals surface area contributed by atoms with E-state index in [2.05, 4.69) is 40.2 Å². The van der Waals surface area contributed by atoms with Gasteiger partial charge in [-0.15, -0.1) is 0 Å². The largest absolute Gasteiger partial charge is 0.397 e. The van der Waals surface area contributed by atoms with Gasteiger partial charge in [-0.05, 0) is 29.5 Å². The van der Waals surface area contributed by atoms with Crippen molar-refractivity contribution in [3.05, 3.63) is 59.4 Å². The molecule has 0 bridgehead atoms. The van der Waals surface area contributed by atoms with Crippen LogP contribution >= 0.6 is 0 Å². The first-order chi connectivity index (χ1) is 9.33. The summed E-state index contributed by atoms with van der Waals surface area (Å²) in [5, 5.41) is 0. The van der Waals surface area contributed by atoms with Crippen LogP contribution in [-0.4, -0.2) is 23.0 Å². The molecule has 0 atom stereocenters. The Morgan fingerprint density at radius 2 is 1.84 bits per heavy atom. The Kier molecular flexibility index (Phi) is 3.47. The smallest absolute Gasteiger partial charge is 0.0536 e. The average molecular weight is 253 g/mol. The van der Waals surface area contributed by atoms with Crippen molar-refractivity contribution in [3.8, 4) is 0 Å². The van der Waals surface area contributed by atoms with Crippen molar-refractivity contribution in [2.24, 2.45) is 0 Å². The lowest BCUT2D eigenvalue weighted by molar-refractivity contribution is 0.279. The van der Waals surface area contributed by atoms with Crippen molar-refractivity contribution >= 4 is 5.69 Å². The first kappa shape index (κ1) is 12.2. The molecule has 3 heteroatoms. The van der Waals surface area contributed by atoms with Crippen molar-refractivity contribution in [2.45, 2.75) is 19.4 Å². The van der Waals surface area contributed by atoms with Crippen LogP contribution in [0, 0.1) is 0 Å². The number of nitrogens with zero attached hydrogens (tertiary/aromatic N) is 2. The molecule has 3 rings (SSSR count). The zero-order valence-corrected chi connectivity index (χ0v) is 11.0. The van der Waals surface area contributed by atoms with Gasteiger partial charge in [0.15, 0.2) is 0 Å². The molecule has 98 valence electrons. The molecular formula is C16H19N3. The zero-order valence-electron chi connectivity index (χ0n) is 11.0. The summed E-state index contributed by atoms with van der Waals surface area (Å²) in [6, 6.07) is 10.6. The van der Waals surface area contributed by atoms with E-state index < -0.39 is 0 Å². The highest BCUT2D eigenvalue weighted by molar-refractivity contribution is 5.49. The summed E-state index contributed by atoms with van der Waals surface area (Å²) in [5.41, 5.74) is 10.9. The lowest BCUT2D eigenvalue weighted by Gasteiger charge is -2.19. The Hall–Kier alpha value is -1.87. The van der Waals surface area contributed by atoms with Crippen LogP contribution in [0.25, 0.3) is 0 Å². The lowest BCUT2D eigenvalue weighted by Crippen LogP contribution is -2.25. The Labute approximate surface area is 114 Å². The first-order valence-corrected chi connectivity index (χ1v) is 6.80. The SMILES string of the molecule is Nc1cncc2c1CCN(Cc1ccccc1)CC2. The number of hydrogen-bond donors (Lipinski definition) is 1. The molecule has 0 saturated carbocycles. The molecule has 0 spiro atoms. The molecule has 0 aliphatic carbocycles. The van der Waals surface area contributed by atoms with Gasteiger partial charge in [-0.1, -0.05) is 30.3 Å². The van der Waals surface area contributed by atoms with Gasteiger partial charge in [0.25, 0.3) is 0 Å². The van der Waals surface area contributed by atoms with Crippen LogP contribution in [0.4, 0.5) is 5.69 Å². The number of nitrogens with two attached hydrogens (primary N) is 1. The number of nitrogen functional groups attached to an aromatic ring is 1. The summed E-state index contributed by atoms with van der Waals surface area (Å²) < 4.78 is 0. The van der Waals surface area contributed by atoms with Gasteiger partial charge in [-0.3, -0.25) is 9.88 Å². The Morgan fingerprint density at radius 3 is 2.68 bits per heavy atom. The predicted molar refractivity (Wildman–Crippen MR) is 77.8 cm³/mol. The van der Waals surface area contributed by atoms with Gasteiger partial charge in [0.05, 0.1) is 11.9 Å². The Balaban J connectivity index is 1.72. The molecule has 1 aromatic heterocycles. The van der Waals surface area contributed by atoms with Crippen molar-refractivity contribution in [3.63, 3.8) is 0 Å². The fourth-order valence-electron chi connectivity index (χ4n) is 2.73. The zero-order chi connectivity index (χ0) is 13.1. The van der Waals surface area contributed by atoms with E-state index >= 15 is 0 Å². The van der Waals surface area contributed by atoms with Gasteiger partial charge in [-0.25, -0.2) is 0 Å². The predicted octanol–water partition coefficient (Wildman–Crippen LogP) is 2.26. The molecule has 0 radical (unpaired) electrons. The summed E-state index contributed by atoms with van der Waals surface area (Å²) in [7, 11) is 0. The van der Waals surface area contributed by atoms with E-state index in [1.165, 1.54) is 16.7 Å². The maximum atomic E-state index is 6.03. The normalized spacial score (nSPS) is 15.8. The average Bonchev–Trinajstić information content (AvgIpc) is 2.64. The minimum absolute atomic E-state index is 0.846. The van der Waals surface area contributed by atoms with Gasteiger partial charge in [0, 0.05) is 25.8 Å². The summed E-state index contributed by atoms with van der Waals surface area (Å²) in [6.07, 6.45) is 5.81. The van der Waals surface area contributed by atoms with Crippen LogP contribution in [0.5, 0.6) is 0 Å². The second-order valence-electron chi connectivity index (χ2n) is 5.13. The summed E-state index contributed by atoms with van der Waals surface area (Å²) >= 11 is 0. The maximum Gasteiger partial charge on any atom is 0.0536 e. The molecule has 2 N–H and O–H groups in total. The topological polar surface area (TPSA) is 42.1 Å². The van der Waals surface area contributed by atoms with Gasteiger partial charge in [0.2, 0.25) is 0 Å². The third-order valence-electron chi connectivity index (χ3n) is 3.80. The second-order valence-corrected chi connectivity index (χ2v) is 5.13. The summed E-state index contributed by atoms with van der Waals surface area (Å²) in [4.78, 5) is 6.70. The standard InChI is InChI=1S/C16H19N3/c17-16-11-18-10-14-6-8-19(9-7-15(14)16)12-13-4-2-1-3-5-13/h1-5,10-11H,6-9,12,17H2. The number of hydrogen-bond acceptors (Lipinski definition) is 3. The number of pyridine rings is 1. The van der Waals surface area contributed by atoms with Gasteiger partial charge < -0.3 is 5.73 Å². The third kappa shape index (κ3) is 2.76. The van der Waals surface area contributed by atoms with Crippen molar-refractivity contribution < 1.29 is 0 Å². The summed E-state index contributed by atoms with van der Waals surface area (Å²) in [6.45, 7) is 3.16. The Bertz CT molecular complexity index is 551. The molecule has 1 aliphatic heterocycles. The second kappa shape index (κ2) is 5.41. The highest BCUT2D eigenvalue weighted by atomic mass is 15.1. The fourth-order valence-corrected chi connectivity index (χ4v) is 2.73. The number of benzene rings is 1. The van der Waals surface area contributed by atoms with Crippen LogP contribution in [0.2, 0.25) is 0 Å². The molecule has 1 aromatic carbocycles. The molecule has 0 amide bonds. The lowest BCUT2D eigenvalue weighted by atomic mass is 10.0. The van der Waals surface area contributed by atoms with E-state index in [0.29, 0.717) is 0 Å². The van der Waals surface area contributed by atoms with E-state index in [4.69, 9.17) is 5.73 Å². The van der Waals surface area contributed by atoms with Crippen LogP contribution in [-0.2, 0) is 19.4 Å². The van der Waals surface area contributed by atoms with Crippen molar-refractivity contribution in [1.82, 2.24) is 9.88 Å². The fraction of sp³-hybridized carbons (Fsp3) is 0.312. The number of aromatic nitrogens is 1. The van der Waals surface area contributed by atoms with E-state index in [1.807, 2.05) is 6.20 Å². The van der Waals surface area contributed by atoms with Crippen LogP contribution < -0.4 is 5.73 Å². The maximum absolute atomic E-state index is 6.03. The first-order valence-electron chi connectivity index (χ1n) is 6.80. The molecule has 2 heterocycles. The summed E-state index contributed by atoms with van der Waals surface area (Å²) in [5.74, 6) is 0. The highest BCUT2D eigenvalue weighted by Crippen LogP contribution is 2.21. The van der Waals surface area contributed by atoms with Crippen molar-refractivity contribution in [2.75, 3.05) is 18.8 Å². The van der Waals surface area contributed by atoms with E-state index in [0.717, 1.165) is 38.2 Å². The number of fused-ring (bicyclic) bond motifs is 1. The van der Waals surface area contributed by atoms with Gasteiger partial charge in [-0.2, -0.15) is 0 Å². The van der Waals surface area contributed by atoms with E-state index in [-0.39, 0.29) is 0 Å². The molecule has 1 aliphatic rings. The van der Waals surface area contributed by atoms with E-state index in [9.17, 15) is 0 Å². The van der Waals surface area contributed by atoms with E-state index in [1.54, 1.807) is 6.20 Å². The van der Waals surface area contributed by atoms with Gasteiger partial charge in [0.1, 0.15) is 0 Å². The quantitative estimate of drug-likeness (QED) is 0.892. The molecule has 19 heavy (non-hydrogen) atoms. The highest BCUT2D eigenvalue weighted by Gasteiger charge is 2.15. The molecule has 2 aromatic rings. The Morgan fingerprint density at radius 1 is 1.05 bits per heavy atom. The minimum atomic E-state index is 0.846. The molecule has 3 nitrogen and oxygen atoms in total. The number of anilines is 1. The van der Waals surface area contributed by atoms with Crippen LogP contribution in [0.15, 0.2) is 42.7 Å². The number of rotatable bonds is 2. The monoisotopic (exact) mass is 253 g/mol. The minimum Gasteiger partial charge on any atom is -0.397 e. The van der Waals surface area contributed by atoms with Crippen LogP contribution in [0.3, 0.4) is 0 Å². The molecule has 0 unspecified atom stereocenters. The molecular weight excluding hydrogens is 234 g/mol. The van der Waals surface area contributed by atoms with Crippen molar-refractivity contribution in [1.29, 1.82) is 0 Å². The molecule has 0 saturated heterocycles.